The zero-order valence-corrected chi connectivity index (χ0v) is 11.9. The normalized spacial score (nSPS) is 9.84. The molecule has 1 rings (SSSR count). The highest BCUT2D eigenvalue weighted by Crippen LogP contribution is 2.03. The van der Waals surface area contributed by atoms with Gasteiger partial charge in [-0.3, -0.25) is 10.2 Å². The number of hydrogen-bond acceptors (Lipinski definition) is 4. The van der Waals surface area contributed by atoms with E-state index in [9.17, 15) is 4.79 Å². The zero-order chi connectivity index (χ0) is 14.7. The monoisotopic (exact) mass is 263 g/mol. The highest BCUT2D eigenvalue weighted by atomic mass is 16.5. The number of amides is 1. The maximum atomic E-state index is 9.89. The van der Waals surface area contributed by atoms with Crippen LogP contribution in [0.25, 0.3) is 0 Å². The number of nitrogens with one attached hydrogen (secondary N) is 2. The van der Waals surface area contributed by atoms with Gasteiger partial charge in [0.05, 0.1) is 17.2 Å². The minimum atomic E-state index is 0.0417. The van der Waals surface area contributed by atoms with Gasteiger partial charge < -0.3 is 4.74 Å². The molecule has 0 aromatic heterocycles. The smallest absolute Gasteiger partial charge is 0.221 e. The van der Waals surface area contributed by atoms with E-state index < -0.39 is 0 Å². The number of carbonyl (C=O) groups excluding carboxylic acids is 1. The van der Waals surface area contributed by atoms with E-state index in [0.717, 1.165) is 5.56 Å². The maximum absolute atomic E-state index is 9.89. The van der Waals surface area contributed by atoms with Crippen LogP contribution in [0, 0.1) is 11.3 Å². The van der Waals surface area contributed by atoms with Crippen LogP contribution in [0.5, 0.6) is 0 Å². The van der Waals surface area contributed by atoms with Crippen molar-refractivity contribution >= 4 is 6.41 Å². The highest BCUT2D eigenvalue weighted by molar-refractivity contribution is 5.44. The van der Waals surface area contributed by atoms with Crippen molar-refractivity contribution in [2.24, 2.45) is 0 Å². The molecule has 104 valence electrons. The zero-order valence-electron chi connectivity index (χ0n) is 11.9. The van der Waals surface area contributed by atoms with Crippen LogP contribution in [-0.2, 0) is 16.1 Å². The first-order valence-electron chi connectivity index (χ1n) is 5.89. The number of hydrogen-bond donors (Lipinski definition) is 2. The summed E-state index contributed by atoms with van der Waals surface area (Å²) in [5.74, 6) is 0. The van der Waals surface area contributed by atoms with E-state index in [1.807, 2.05) is 32.9 Å². The number of hydrazine groups is 1. The van der Waals surface area contributed by atoms with Crippen molar-refractivity contribution in [2.45, 2.75) is 32.9 Å². The molecule has 0 aliphatic rings. The van der Waals surface area contributed by atoms with Crippen molar-refractivity contribution in [1.82, 2.24) is 10.9 Å². The fourth-order valence-electron chi connectivity index (χ4n) is 0.946. The van der Waals surface area contributed by atoms with Gasteiger partial charge in [0.2, 0.25) is 6.41 Å². The molecule has 0 atom stereocenters. The second-order valence-electron chi connectivity index (χ2n) is 4.74. The lowest BCUT2D eigenvalue weighted by Crippen LogP contribution is -2.29. The Balaban J connectivity index is 0.000000459. The Bertz CT molecular complexity index is 419. The molecule has 0 radical (unpaired) electrons. The maximum Gasteiger partial charge on any atom is 0.221 e. The molecule has 5 nitrogen and oxygen atoms in total. The van der Waals surface area contributed by atoms with E-state index in [4.69, 9.17) is 10.00 Å². The summed E-state index contributed by atoms with van der Waals surface area (Å²) in [7, 11) is 1.71. The molecule has 0 saturated heterocycles. The molecule has 0 heterocycles. The number of benzene rings is 1. The molecular formula is C14H21N3O2. The minimum absolute atomic E-state index is 0.0417. The largest absolute Gasteiger partial charge is 0.379 e. The van der Waals surface area contributed by atoms with E-state index in [1.165, 1.54) is 0 Å². The summed E-state index contributed by atoms with van der Waals surface area (Å²) in [6.45, 7) is 6.57. The summed E-state index contributed by atoms with van der Waals surface area (Å²) in [5, 5.41) is 8.59. The molecule has 1 aromatic rings. The first-order valence-corrected chi connectivity index (χ1v) is 5.89. The van der Waals surface area contributed by atoms with E-state index in [-0.39, 0.29) is 5.60 Å². The van der Waals surface area contributed by atoms with Gasteiger partial charge in [-0.05, 0) is 38.5 Å². The average Bonchev–Trinajstić information content (AvgIpc) is 2.39. The Labute approximate surface area is 114 Å². The fourth-order valence-corrected chi connectivity index (χ4v) is 0.946. The third kappa shape index (κ3) is 9.77. The van der Waals surface area contributed by atoms with Crippen LogP contribution in [0.1, 0.15) is 31.9 Å². The van der Waals surface area contributed by atoms with Gasteiger partial charge >= 0.3 is 0 Å². The SMILES string of the molecule is COC(C)(C)C.N#Cc1cccc(CNNC=O)c1. The molecular weight excluding hydrogens is 242 g/mol. The Morgan fingerprint density at radius 1 is 1.42 bits per heavy atom. The number of ether oxygens (including phenoxy) is 1. The van der Waals surface area contributed by atoms with Gasteiger partial charge in [-0.15, -0.1) is 0 Å². The fraction of sp³-hybridized carbons (Fsp3) is 0.429. The van der Waals surface area contributed by atoms with Crippen LogP contribution < -0.4 is 10.9 Å². The Hall–Kier alpha value is -1.90. The minimum Gasteiger partial charge on any atom is -0.379 e. The van der Waals surface area contributed by atoms with Gasteiger partial charge in [0, 0.05) is 13.7 Å². The summed E-state index contributed by atoms with van der Waals surface area (Å²) in [5.41, 5.74) is 6.61. The number of nitrogens with zero attached hydrogens (tertiary/aromatic N) is 1. The second-order valence-corrected chi connectivity index (χ2v) is 4.74. The van der Waals surface area contributed by atoms with Crippen molar-refractivity contribution in [2.75, 3.05) is 7.11 Å². The molecule has 0 spiro atoms. The Morgan fingerprint density at radius 2 is 2.05 bits per heavy atom. The topological polar surface area (TPSA) is 74.2 Å². The standard InChI is InChI=1S/C9H9N3O.C5H12O/c10-5-8-2-1-3-9(4-8)6-11-12-7-13;1-5(2,3)6-4/h1-4,7,11H,6H2,(H,12,13);1-4H3. The summed E-state index contributed by atoms with van der Waals surface area (Å²) < 4.78 is 4.94. The van der Waals surface area contributed by atoms with Gasteiger partial charge in [0.1, 0.15) is 0 Å². The van der Waals surface area contributed by atoms with Crippen molar-refractivity contribution in [3.63, 3.8) is 0 Å². The molecule has 0 fully saturated rings. The van der Waals surface area contributed by atoms with E-state index in [2.05, 4.69) is 10.9 Å². The quantitative estimate of drug-likeness (QED) is 0.493. The molecule has 0 saturated carbocycles. The molecule has 1 amide bonds. The van der Waals surface area contributed by atoms with Crippen molar-refractivity contribution in [3.05, 3.63) is 35.4 Å². The summed E-state index contributed by atoms with van der Waals surface area (Å²) in [4.78, 5) is 9.89. The molecule has 1 aromatic carbocycles. The Kier molecular flexibility index (Phi) is 8.18. The summed E-state index contributed by atoms with van der Waals surface area (Å²) in [6.07, 6.45) is 0.564. The predicted octanol–water partition coefficient (Wildman–Crippen LogP) is 1.74. The van der Waals surface area contributed by atoms with Gasteiger partial charge in [-0.2, -0.15) is 5.26 Å². The Morgan fingerprint density at radius 3 is 2.53 bits per heavy atom. The number of carbonyl (C=O) groups is 1. The third-order valence-corrected chi connectivity index (χ3v) is 2.12. The number of rotatable bonds is 4. The van der Waals surface area contributed by atoms with Crippen molar-refractivity contribution in [1.29, 1.82) is 5.26 Å². The van der Waals surface area contributed by atoms with Crippen LogP contribution in [0.3, 0.4) is 0 Å². The van der Waals surface area contributed by atoms with E-state index in [1.54, 1.807) is 25.3 Å². The van der Waals surface area contributed by atoms with Crippen LogP contribution in [-0.4, -0.2) is 19.1 Å². The van der Waals surface area contributed by atoms with Crippen LogP contribution in [0.15, 0.2) is 24.3 Å². The second kappa shape index (κ2) is 9.09. The average molecular weight is 263 g/mol. The lowest BCUT2D eigenvalue weighted by molar-refractivity contribution is -0.110. The van der Waals surface area contributed by atoms with Crippen LogP contribution >= 0.6 is 0 Å². The molecule has 0 aliphatic carbocycles. The first kappa shape index (κ1) is 17.1. The molecule has 19 heavy (non-hydrogen) atoms. The number of nitriles is 1. The van der Waals surface area contributed by atoms with Gasteiger partial charge in [0.25, 0.3) is 0 Å². The van der Waals surface area contributed by atoms with Gasteiger partial charge in [-0.25, -0.2) is 5.43 Å². The van der Waals surface area contributed by atoms with Crippen LogP contribution in [0.2, 0.25) is 0 Å². The number of methoxy groups -OCH3 is 1. The summed E-state index contributed by atoms with van der Waals surface area (Å²) in [6, 6.07) is 9.21. The lowest BCUT2D eigenvalue weighted by Gasteiger charge is -2.14. The first-order chi connectivity index (χ1) is 8.92. The predicted molar refractivity (Wildman–Crippen MR) is 74.0 cm³/mol. The van der Waals surface area contributed by atoms with Crippen molar-refractivity contribution < 1.29 is 9.53 Å². The molecule has 0 unspecified atom stereocenters. The van der Waals surface area contributed by atoms with E-state index >= 15 is 0 Å². The van der Waals surface area contributed by atoms with E-state index in [0.29, 0.717) is 18.5 Å². The third-order valence-electron chi connectivity index (χ3n) is 2.12. The molecule has 2 N–H and O–H groups in total. The lowest BCUT2D eigenvalue weighted by atomic mass is 10.1. The van der Waals surface area contributed by atoms with Crippen molar-refractivity contribution in [3.8, 4) is 6.07 Å². The van der Waals surface area contributed by atoms with Gasteiger partial charge in [0.15, 0.2) is 0 Å². The molecule has 0 aliphatic heterocycles. The van der Waals surface area contributed by atoms with Crippen LogP contribution in [0.4, 0.5) is 0 Å². The summed E-state index contributed by atoms with van der Waals surface area (Å²) >= 11 is 0. The molecule has 0 bridgehead atoms. The highest BCUT2D eigenvalue weighted by Gasteiger charge is 2.04. The van der Waals surface area contributed by atoms with Gasteiger partial charge in [-0.1, -0.05) is 12.1 Å². The molecule has 5 heteroatoms.